The Hall–Kier alpha value is -0.780. The number of rotatable bonds is 3. The van der Waals surface area contributed by atoms with E-state index in [9.17, 15) is 13.2 Å². The number of likely N-dealkylation sites (tertiary alicyclic amines) is 1. The lowest BCUT2D eigenvalue weighted by atomic mass is 10.0. The van der Waals surface area contributed by atoms with Crippen LogP contribution in [0.4, 0.5) is 4.79 Å². The number of urea groups is 1. The molecule has 2 fully saturated rings. The SMILES string of the molecule is CCC1CCCCN1C(=O)N(CC)C1CCS(=O)(=O)C1. The first kappa shape index (κ1) is 15.6. The first-order valence-electron chi connectivity index (χ1n) is 7.76. The summed E-state index contributed by atoms with van der Waals surface area (Å²) in [6, 6.07) is 0.237. The van der Waals surface area contributed by atoms with Crippen molar-refractivity contribution in [2.45, 2.75) is 58.0 Å². The minimum Gasteiger partial charge on any atom is -0.322 e. The molecule has 2 unspecified atom stereocenters. The summed E-state index contributed by atoms with van der Waals surface area (Å²) in [6.45, 7) is 5.46. The van der Waals surface area contributed by atoms with Gasteiger partial charge in [-0.3, -0.25) is 0 Å². The summed E-state index contributed by atoms with van der Waals surface area (Å²) < 4.78 is 23.3. The minimum atomic E-state index is -2.95. The van der Waals surface area contributed by atoms with Crippen molar-refractivity contribution in [3.05, 3.63) is 0 Å². The van der Waals surface area contributed by atoms with Gasteiger partial charge in [-0.15, -0.1) is 0 Å². The van der Waals surface area contributed by atoms with Gasteiger partial charge in [0.1, 0.15) is 0 Å². The summed E-state index contributed by atoms with van der Waals surface area (Å²) in [5.41, 5.74) is 0. The molecule has 2 aliphatic heterocycles. The van der Waals surface area contributed by atoms with Gasteiger partial charge < -0.3 is 9.80 Å². The molecule has 20 heavy (non-hydrogen) atoms. The Morgan fingerprint density at radius 2 is 2.00 bits per heavy atom. The van der Waals surface area contributed by atoms with E-state index in [0.717, 1.165) is 25.8 Å². The molecule has 5 nitrogen and oxygen atoms in total. The van der Waals surface area contributed by atoms with Crippen molar-refractivity contribution in [2.75, 3.05) is 24.6 Å². The number of sulfone groups is 1. The van der Waals surface area contributed by atoms with Crippen molar-refractivity contribution in [2.24, 2.45) is 0 Å². The normalized spacial score (nSPS) is 29.4. The highest BCUT2D eigenvalue weighted by Crippen LogP contribution is 2.24. The number of amides is 2. The molecule has 0 aromatic rings. The molecule has 2 atom stereocenters. The summed E-state index contributed by atoms with van der Waals surface area (Å²) in [7, 11) is -2.95. The van der Waals surface area contributed by atoms with Gasteiger partial charge >= 0.3 is 6.03 Å². The molecule has 0 radical (unpaired) electrons. The van der Waals surface area contributed by atoms with Crippen LogP contribution < -0.4 is 0 Å². The Balaban J connectivity index is 2.08. The predicted octanol–water partition coefficient (Wildman–Crippen LogP) is 1.88. The maximum atomic E-state index is 12.8. The standard InChI is InChI=1S/C14H26N2O3S/c1-3-12-7-5-6-9-16(12)14(17)15(4-2)13-8-10-20(18,19)11-13/h12-13H,3-11H2,1-2H3. The highest BCUT2D eigenvalue weighted by molar-refractivity contribution is 7.91. The Morgan fingerprint density at radius 3 is 2.55 bits per heavy atom. The predicted molar refractivity (Wildman–Crippen MR) is 79.5 cm³/mol. The van der Waals surface area contributed by atoms with Crippen molar-refractivity contribution < 1.29 is 13.2 Å². The Morgan fingerprint density at radius 1 is 1.25 bits per heavy atom. The average molecular weight is 302 g/mol. The van der Waals surface area contributed by atoms with Gasteiger partial charge in [-0.2, -0.15) is 0 Å². The molecule has 2 saturated heterocycles. The van der Waals surface area contributed by atoms with Crippen LogP contribution >= 0.6 is 0 Å². The number of nitrogens with zero attached hydrogens (tertiary/aromatic N) is 2. The van der Waals surface area contributed by atoms with E-state index in [1.54, 1.807) is 4.90 Å². The zero-order chi connectivity index (χ0) is 14.8. The summed E-state index contributed by atoms with van der Waals surface area (Å²) in [5, 5.41) is 0. The second kappa shape index (κ2) is 6.33. The highest BCUT2D eigenvalue weighted by atomic mass is 32.2. The van der Waals surface area contributed by atoms with Gasteiger partial charge in [0, 0.05) is 25.2 Å². The van der Waals surface area contributed by atoms with Crippen LogP contribution in [0.1, 0.15) is 46.0 Å². The lowest BCUT2D eigenvalue weighted by Gasteiger charge is -2.40. The zero-order valence-electron chi connectivity index (χ0n) is 12.5. The maximum Gasteiger partial charge on any atom is 0.320 e. The van der Waals surface area contributed by atoms with E-state index in [4.69, 9.17) is 0 Å². The van der Waals surface area contributed by atoms with Crippen LogP contribution in [0.3, 0.4) is 0 Å². The van der Waals surface area contributed by atoms with Crippen molar-refractivity contribution in [3.63, 3.8) is 0 Å². The van der Waals surface area contributed by atoms with E-state index in [2.05, 4.69) is 6.92 Å². The molecular weight excluding hydrogens is 276 g/mol. The van der Waals surface area contributed by atoms with E-state index >= 15 is 0 Å². The molecule has 2 heterocycles. The highest BCUT2D eigenvalue weighted by Gasteiger charge is 2.37. The molecule has 0 bridgehead atoms. The van der Waals surface area contributed by atoms with E-state index in [0.29, 0.717) is 19.0 Å². The fourth-order valence-electron chi connectivity index (χ4n) is 3.41. The molecule has 0 aromatic carbocycles. The third-order valence-electron chi connectivity index (χ3n) is 4.58. The fraction of sp³-hybridized carbons (Fsp3) is 0.929. The molecule has 0 aliphatic carbocycles. The number of hydrogen-bond acceptors (Lipinski definition) is 3. The molecule has 2 aliphatic rings. The van der Waals surface area contributed by atoms with Gasteiger partial charge in [-0.1, -0.05) is 6.92 Å². The molecule has 0 N–H and O–H groups in total. The van der Waals surface area contributed by atoms with E-state index in [1.165, 1.54) is 6.42 Å². The van der Waals surface area contributed by atoms with Gasteiger partial charge in [-0.05, 0) is 39.0 Å². The Bertz CT molecular complexity index is 449. The molecule has 0 aromatic heterocycles. The summed E-state index contributed by atoms with van der Waals surface area (Å²) in [5.74, 6) is 0.357. The van der Waals surface area contributed by atoms with Crippen molar-refractivity contribution in [1.29, 1.82) is 0 Å². The quantitative estimate of drug-likeness (QED) is 0.800. The molecule has 116 valence electrons. The van der Waals surface area contributed by atoms with Crippen LogP contribution in [0.5, 0.6) is 0 Å². The van der Waals surface area contributed by atoms with Gasteiger partial charge in [0.25, 0.3) is 0 Å². The smallest absolute Gasteiger partial charge is 0.320 e. The molecule has 0 saturated carbocycles. The van der Waals surface area contributed by atoms with Crippen LogP contribution in [0, 0.1) is 0 Å². The van der Waals surface area contributed by atoms with Gasteiger partial charge in [0.05, 0.1) is 11.5 Å². The monoisotopic (exact) mass is 302 g/mol. The second-order valence-corrected chi connectivity index (χ2v) is 8.11. The van der Waals surface area contributed by atoms with Crippen LogP contribution in [0.2, 0.25) is 0 Å². The first-order valence-corrected chi connectivity index (χ1v) is 9.58. The minimum absolute atomic E-state index is 0.0427. The number of carbonyl (C=O) groups excluding carboxylic acids is 1. The van der Waals surface area contributed by atoms with Gasteiger partial charge in [0.15, 0.2) is 9.84 Å². The third-order valence-corrected chi connectivity index (χ3v) is 6.33. The topological polar surface area (TPSA) is 57.7 Å². The molecule has 6 heteroatoms. The molecule has 2 amide bonds. The van der Waals surface area contributed by atoms with Crippen molar-refractivity contribution in [3.8, 4) is 0 Å². The number of carbonyl (C=O) groups is 1. The largest absolute Gasteiger partial charge is 0.322 e. The van der Waals surface area contributed by atoms with Crippen molar-refractivity contribution in [1.82, 2.24) is 9.80 Å². The third kappa shape index (κ3) is 3.27. The summed E-state index contributed by atoms with van der Waals surface area (Å²) in [4.78, 5) is 16.5. The average Bonchev–Trinajstić information content (AvgIpc) is 2.79. The van der Waals surface area contributed by atoms with Gasteiger partial charge in [0.2, 0.25) is 0 Å². The van der Waals surface area contributed by atoms with Gasteiger partial charge in [-0.25, -0.2) is 13.2 Å². The van der Waals surface area contributed by atoms with Crippen LogP contribution in [0.25, 0.3) is 0 Å². The number of piperidine rings is 1. The maximum absolute atomic E-state index is 12.8. The van der Waals surface area contributed by atoms with E-state index < -0.39 is 9.84 Å². The molecule has 2 rings (SSSR count). The summed E-state index contributed by atoms with van der Waals surface area (Å²) in [6.07, 6.45) is 4.89. The van der Waals surface area contributed by atoms with E-state index in [1.807, 2.05) is 11.8 Å². The fourth-order valence-corrected chi connectivity index (χ4v) is 5.14. The second-order valence-electron chi connectivity index (χ2n) is 5.88. The molecular formula is C14H26N2O3S. The lowest BCUT2D eigenvalue weighted by Crippen LogP contribution is -2.53. The lowest BCUT2D eigenvalue weighted by molar-refractivity contribution is 0.104. The Labute approximate surface area is 122 Å². The first-order chi connectivity index (χ1) is 9.48. The van der Waals surface area contributed by atoms with Crippen molar-refractivity contribution >= 4 is 15.9 Å². The number of hydrogen-bond donors (Lipinski definition) is 0. The zero-order valence-corrected chi connectivity index (χ0v) is 13.4. The van der Waals surface area contributed by atoms with Crippen LogP contribution in [-0.4, -0.2) is 60.9 Å². The van der Waals surface area contributed by atoms with Crippen LogP contribution in [-0.2, 0) is 9.84 Å². The van der Waals surface area contributed by atoms with E-state index in [-0.39, 0.29) is 23.6 Å². The molecule has 0 spiro atoms. The Kier molecular flexibility index (Phi) is 4.94. The van der Waals surface area contributed by atoms with Crippen LogP contribution in [0.15, 0.2) is 0 Å². The summed E-state index contributed by atoms with van der Waals surface area (Å²) >= 11 is 0.